The minimum absolute atomic E-state index is 0.0346. The molecule has 15 heavy (non-hydrogen) atoms. The molecule has 0 saturated carbocycles. The van der Waals surface area contributed by atoms with E-state index in [1.54, 1.807) is 0 Å². The van der Waals surface area contributed by atoms with Crippen molar-refractivity contribution < 1.29 is 4.92 Å². The van der Waals surface area contributed by atoms with Gasteiger partial charge in [-0.25, -0.2) is 0 Å². The Labute approximate surface area is 86.4 Å². The number of nitrogens with two attached hydrogens (primary N) is 1. The first kappa shape index (κ1) is 9.91. The molecule has 0 aromatic carbocycles. The second kappa shape index (κ2) is 3.85. The van der Waals surface area contributed by atoms with Crippen molar-refractivity contribution in [3.05, 3.63) is 16.3 Å². The van der Waals surface area contributed by atoms with Gasteiger partial charge in [-0.2, -0.15) is 0 Å². The molecule has 0 bridgehead atoms. The molecule has 82 valence electrons. The molecular weight excluding hydrogens is 198 g/mol. The van der Waals surface area contributed by atoms with Crippen LogP contribution in [0.4, 0.5) is 11.5 Å². The molecule has 0 radical (unpaired) electrons. The Bertz CT molecular complexity index is 364. The molecule has 3 N–H and O–H groups in total. The molecule has 1 aliphatic rings. The predicted octanol–water partition coefficient (Wildman–Crippen LogP) is 0.103. The molecule has 2 heterocycles. The van der Waals surface area contributed by atoms with Gasteiger partial charge in [0.05, 0.1) is 0 Å². The zero-order chi connectivity index (χ0) is 10.8. The lowest BCUT2D eigenvalue weighted by atomic mass is 10.1. The highest BCUT2D eigenvalue weighted by atomic mass is 16.6. The number of aromatic amines is 1. The maximum atomic E-state index is 10.7. The Morgan fingerprint density at radius 1 is 1.80 bits per heavy atom. The average Bonchev–Trinajstić information content (AvgIpc) is 2.85. The third-order valence-electron chi connectivity index (χ3n) is 2.74. The molecule has 1 saturated heterocycles. The Kier molecular flexibility index (Phi) is 2.55. The number of H-pyrrole nitrogens is 1. The van der Waals surface area contributed by atoms with Crippen molar-refractivity contribution in [2.24, 2.45) is 11.7 Å². The minimum atomic E-state index is -0.446. The van der Waals surface area contributed by atoms with Crippen LogP contribution in [0.15, 0.2) is 6.20 Å². The number of nitrogens with zero attached hydrogens (tertiary/aromatic N) is 3. The van der Waals surface area contributed by atoms with Crippen molar-refractivity contribution in [3.63, 3.8) is 0 Å². The fourth-order valence-corrected chi connectivity index (χ4v) is 1.88. The molecule has 0 spiro atoms. The van der Waals surface area contributed by atoms with Crippen molar-refractivity contribution in [3.8, 4) is 0 Å². The van der Waals surface area contributed by atoms with Gasteiger partial charge in [-0.05, 0) is 23.8 Å². The summed E-state index contributed by atoms with van der Waals surface area (Å²) in [6, 6.07) is 0. The van der Waals surface area contributed by atoms with Crippen LogP contribution in [0.1, 0.15) is 6.42 Å². The zero-order valence-electron chi connectivity index (χ0n) is 8.22. The normalized spacial score (nSPS) is 20.9. The van der Waals surface area contributed by atoms with Crippen molar-refractivity contribution in [2.45, 2.75) is 6.42 Å². The molecule has 1 fully saturated rings. The topological polar surface area (TPSA) is 101 Å². The molecule has 1 aromatic heterocycles. The standard InChI is InChI=1S/C8H13N5O2/c9-3-6-1-2-12(5-6)7-4-10-11-8(7)13(14)15/h4,6H,1-3,5,9H2,(H,10,11). The third kappa shape index (κ3) is 1.78. The summed E-state index contributed by atoms with van der Waals surface area (Å²) in [6.45, 7) is 2.21. The van der Waals surface area contributed by atoms with Gasteiger partial charge in [0.2, 0.25) is 0 Å². The molecule has 1 unspecified atom stereocenters. The van der Waals surface area contributed by atoms with Crippen molar-refractivity contribution >= 4 is 11.5 Å². The monoisotopic (exact) mass is 211 g/mol. The van der Waals surface area contributed by atoms with E-state index in [0.29, 0.717) is 18.2 Å². The molecule has 0 aliphatic carbocycles. The summed E-state index contributed by atoms with van der Waals surface area (Å²) in [6.07, 6.45) is 2.48. The van der Waals surface area contributed by atoms with E-state index in [0.717, 1.165) is 19.5 Å². The van der Waals surface area contributed by atoms with Crippen LogP contribution in [-0.2, 0) is 0 Å². The number of aromatic nitrogens is 2. The number of rotatable bonds is 3. The highest BCUT2D eigenvalue weighted by Gasteiger charge is 2.27. The van der Waals surface area contributed by atoms with E-state index in [-0.39, 0.29) is 5.82 Å². The Morgan fingerprint density at radius 2 is 2.60 bits per heavy atom. The highest BCUT2D eigenvalue weighted by molar-refractivity contribution is 5.58. The van der Waals surface area contributed by atoms with Gasteiger partial charge in [0.15, 0.2) is 5.69 Å². The van der Waals surface area contributed by atoms with Gasteiger partial charge in [-0.15, -0.1) is 5.10 Å². The smallest absolute Gasteiger partial charge is 0.363 e. The van der Waals surface area contributed by atoms with Gasteiger partial charge in [-0.1, -0.05) is 5.10 Å². The molecule has 1 aliphatic heterocycles. The lowest BCUT2D eigenvalue weighted by Gasteiger charge is -2.15. The summed E-state index contributed by atoms with van der Waals surface area (Å²) in [5.74, 6) is 0.396. The van der Waals surface area contributed by atoms with Crippen LogP contribution in [0, 0.1) is 16.0 Å². The van der Waals surface area contributed by atoms with E-state index < -0.39 is 4.92 Å². The van der Waals surface area contributed by atoms with Crippen LogP contribution in [0.5, 0.6) is 0 Å². The van der Waals surface area contributed by atoms with Gasteiger partial charge in [0.25, 0.3) is 0 Å². The Hall–Kier alpha value is -1.63. The maximum absolute atomic E-state index is 10.7. The summed E-state index contributed by atoms with van der Waals surface area (Å²) >= 11 is 0. The van der Waals surface area contributed by atoms with Gasteiger partial charge >= 0.3 is 5.82 Å². The fourth-order valence-electron chi connectivity index (χ4n) is 1.88. The highest BCUT2D eigenvalue weighted by Crippen LogP contribution is 2.29. The number of nitro groups is 1. The summed E-state index contributed by atoms with van der Waals surface area (Å²) in [5, 5.41) is 16.8. The van der Waals surface area contributed by atoms with E-state index in [1.807, 2.05) is 4.90 Å². The Morgan fingerprint density at radius 3 is 3.20 bits per heavy atom. The van der Waals surface area contributed by atoms with Crippen LogP contribution in [-0.4, -0.2) is 34.8 Å². The fraction of sp³-hybridized carbons (Fsp3) is 0.625. The first-order chi connectivity index (χ1) is 7.22. The van der Waals surface area contributed by atoms with E-state index in [2.05, 4.69) is 10.2 Å². The van der Waals surface area contributed by atoms with E-state index >= 15 is 0 Å². The molecule has 1 aromatic rings. The molecule has 7 heteroatoms. The SMILES string of the molecule is NCC1CCN(c2cn[nH]c2[N+](=O)[O-])C1. The van der Waals surface area contributed by atoms with Gasteiger partial charge in [0.1, 0.15) is 6.20 Å². The molecule has 2 rings (SSSR count). The lowest BCUT2D eigenvalue weighted by molar-refractivity contribution is -0.388. The second-order valence-electron chi connectivity index (χ2n) is 3.70. The van der Waals surface area contributed by atoms with E-state index in [4.69, 9.17) is 5.73 Å². The first-order valence-corrected chi connectivity index (χ1v) is 4.85. The van der Waals surface area contributed by atoms with E-state index in [1.165, 1.54) is 6.20 Å². The maximum Gasteiger partial charge on any atom is 0.366 e. The average molecular weight is 211 g/mol. The summed E-state index contributed by atoms with van der Waals surface area (Å²) in [7, 11) is 0. The quantitative estimate of drug-likeness (QED) is 0.545. The summed E-state index contributed by atoms with van der Waals surface area (Å²) < 4.78 is 0. The minimum Gasteiger partial charge on any atom is -0.363 e. The zero-order valence-corrected chi connectivity index (χ0v) is 8.22. The van der Waals surface area contributed by atoms with Crippen LogP contribution in [0.25, 0.3) is 0 Å². The Balaban J connectivity index is 2.16. The number of hydrogen-bond acceptors (Lipinski definition) is 5. The van der Waals surface area contributed by atoms with Gasteiger partial charge in [0, 0.05) is 13.1 Å². The third-order valence-corrected chi connectivity index (χ3v) is 2.74. The predicted molar refractivity (Wildman–Crippen MR) is 54.6 cm³/mol. The lowest BCUT2D eigenvalue weighted by Crippen LogP contribution is -2.22. The van der Waals surface area contributed by atoms with Crippen molar-refractivity contribution in [2.75, 3.05) is 24.5 Å². The molecule has 1 atom stereocenters. The van der Waals surface area contributed by atoms with Crippen LogP contribution >= 0.6 is 0 Å². The van der Waals surface area contributed by atoms with Crippen LogP contribution in [0.3, 0.4) is 0 Å². The second-order valence-corrected chi connectivity index (χ2v) is 3.70. The number of hydrogen-bond donors (Lipinski definition) is 2. The first-order valence-electron chi connectivity index (χ1n) is 4.85. The van der Waals surface area contributed by atoms with Crippen LogP contribution < -0.4 is 10.6 Å². The molecular formula is C8H13N5O2. The van der Waals surface area contributed by atoms with Gasteiger partial charge in [-0.3, -0.25) is 0 Å². The molecule has 0 amide bonds. The summed E-state index contributed by atoms with van der Waals surface area (Å²) in [5.41, 5.74) is 6.13. The number of nitrogens with one attached hydrogen (secondary N) is 1. The largest absolute Gasteiger partial charge is 0.366 e. The van der Waals surface area contributed by atoms with Gasteiger partial charge < -0.3 is 20.7 Å². The summed E-state index contributed by atoms with van der Waals surface area (Å²) in [4.78, 5) is 12.2. The number of anilines is 1. The van der Waals surface area contributed by atoms with Crippen LogP contribution in [0.2, 0.25) is 0 Å². The van der Waals surface area contributed by atoms with E-state index in [9.17, 15) is 10.1 Å². The molecule has 7 nitrogen and oxygen atoms in total. The van der Waals surface area contributed by atoms with Crippen molar-refractivity contribution in [1.29, 1.82) is 0 Å². The van der Waals surface area contributed by atoms with Crippen molar-refractivity contribution in [1.82, 2.24) is 10.2 Å².